The highest BCUT2D eigenvalue weighted by Crippen LogP contribution is 2.22. The van der Waals surface area contributed by atoms with E-state index in [1.165, 1.54) is 6.07 Å². The average molecular weight is 337 g/mol. The number of carbonyl (C=O) groups is 1. The van der Waals surface area contributed by atoms with Crippen LogP contribution in [0.2, 0.25) is 0 Å². The van der Waals surface area contributed by atoms with Crippen molar-refractivity contribution in [3.8, 4) is 0 Å². The molecule has 0 N–H and O–H groups in total. The van der Waals surface area contributed by atoms with Crippen LogP contribution in [0.25, 0.3) is 11.0 Å². The number of fused-ring (bicyclic) bond motifs is 1. The van der Waals surface area contributed by atoms with Crippen molar-refractivity contribution >= 4 is 16.9 Å². The molecule has 1 fully saturated rings. The molecular weight excluding hydrogens is 318 g/mol. The molecule has 0 spiro atoms. The number of nitrogens with zero attached hydrogens (tertiary/aromatic N) is 3. The number of para-hydroxylation sites is 1. The summed E-state index contributed by atoms with van der Waals surface area (Å²) in [6.07, 6.45) is 5.64. The molecule has 1 amide bonds. The fraction of sp³-hybridized carbons (Fsp3) is 0.316. The van der Waals surface area contributed by atoms with E-state index < -0.39 is 0 Å². The third-order valence-electron chi connectivity index (χ3n) is 4.64. The van der Waals surface area contributed by atoms with Crippen LogP contribution >= 0.6 is 0 Å². The second-order valence-corrected chi connectivity index (χ2v) is 6.51. The molecule has 0 saturated carbocycles. The van der Waals surface area contributed by atoms with E-state index in [0.717, 1.165) is 18.4 Å². The van der Waals surface area contributed by atoms with Crippen molar-refractivity contribution in [2.75, 3.05) is 6.54 Å². The topological polar surface area (TPSA) is 68.3 Å². The fourth-order valence-corrected chi connectivity index (χ4v) is 3.43. The first kappa shape index (κ1) is 15.6. The van der Waals surface area contributed by atoms with Gasteiger partial charge in [-0.15, -0.1) is 0 Å². The molecule has 1 saturated heterocycles. The normalized spacial score (nSPS) is 17.3. The molecule has 3 heterocycles. The Morgan fingerprint density at radius 1 is 1.36 bits per heavy atom. The average Bonchev–Trinajstić information content (AvgIpc) is 3.23. The van der Waals surface area contributed by atoms with Crippen molar-refractivity contribution in [1.82, 2.24) is 14.7 Å². The summed E-state index contributed by atoms with van der Waals surface area (Å²) in [6, 6.07) is 8.35. The van der Waals surface area contributed by atoms with Crippen molar-refractivity contribution in [3.05, 3.63) is 64.3 Å². The Balaban J connectivity index is 1.62. The number of aryl methyl sites for hydroxylation is 1. The summed E-state index contributed by atoms with van der Waals surface area (Å²) in [7, 11) is 0. The van der Waals surface area contributed by atoms with E-state index in [9.17, 15) is 9.59 Å². The predicted octanol–water partition coefficient (Wildman–Crippen LogP) is 2.60. The van der Waals surface area contributed by atoms with Crippen LogP contribution in [0.4, 0.5) is 0 Å². The second-order valence-electron chi connectivity index (χ2n) is 6.51. The molecule has 4 rings (SSSR count). The Morgan fingerprint density at radius 3 is 3.00 bits per heavy atom. The molecule has 1 aliphatic rings. The lowest BCUT2D eigenvalue weighted by Crippen LogP contribution is -2.38. The third kappa shape index (κ3) is 2.95. The molecule has 2 aromatic heterocycles. The molecule has 25 heavy (non-hydrogen) atoms. The van der Waals surface area contributed by atoms with Crippen molar-refractivity contribution in [2.45, 2.75) is 32.4 Å². The van der Waals surface area contributed by atoms with Gasteiger partial charge in [0.15, 0.2) is 11.2 Å². The van der Waals surface area contributed by atoms with Gasteiger partial charge in [-0.25, -0.2) is 0 Å². The summed E-state index contributed by atoms with van der Waals surface area (Å²) in [5.41, 5.74) is 1.34. The number of rotatable bonds is 3. The summed E-state index contributed by atoms with van der Waals surface area (Å²) < 4.78 is 7.57. The molecule has 0 radical (unpaired) electrons. The van der Waals surface area contributed by atoms with Crippen molar-refractivity contribution in [1.29, 1.82) is 0 Å². The molecule has 1 atom stereocenters. The van der Waals surface area contributed by atoms with Gasteiger partial charge in [-0.3, -0.25) is 14.3 Å². The minimum Gasteiger partial charge on any atom is -0.451 e. The maximum absolute atomic E-state index is 12.9. The molecule has 1 aliphatic heterocycles. The van der Waals surface area contributed by atoms with E-state index >= 15 is 0 Å². The van der Waals surface area contributed by atoms with E-state index in [-0.39, 0.29) is 23.1 Å². The largest absolute Gasteiger partial charge is 0.451 e. The molecule has 1 aromatic carbocycles. The number of benzene rings is 1. The van der Waals surface area contributed by atoms with E-state index in [0.29, 0.717) is 24.1 Å². The molecular formula is C19H19N3O3. The van der Waals surface area contributed by atoms with Crippen molar-refractivity contribution in [2.24, 2.45) is 0 Å². The lowest BCUT2D eigenvalue weighted by atomic mass is 10.2. The van der Waals surface area contributed by atoms with Gasteiger partial charge in [0.1, 0.15) is 5.58 Å². The van der Waals surface area contributed by atoms with Gasteiger partial charge >= 0.3 is 0 Å². The zero-order chi connectivity index (χ0) is 17.4. The summed E-state index contributed by atoms with van der Waals surface area (Å²) in [5.74, 6) is -0.124. The Labute approximate surface area is 144 Å². The number of likely N-dealkylation sites (tertiary alicyclic amines) is 1. The molecule has 6 nitrogen and oxygen atoms in total. The van der Waals surface area contributed by atoms with Gasteiger partial charge in [0.2, 0.25) is 0 Å². The van der Waals surface area contributed by atoms with Crippen LogP contribution in [-0.4, -0.2) is 33.2 Å². The number of carbonyl (C=O) groups excluding carboxylic acids is 1. The van der Waals surface area contributed by atoms with Crippen LogP contribution in [0, 0.1) is 6.92 Å². The Kier molecular flexibility index (Phi) is 3.87. The number of hydrogen-bond donors (Lipinski definition) is 0. The molecule has 3 aromatic rings. The van der Waals surface area contributed by atoms with E-state index in [1.807, 2.05) is 24.0 Å². The maximum Gasteiger partial charge on any atom is 0.290 e. The molecule has 0 unspecified atom stereocenters. The first-order valence-electron chi connectivity index (χ1n) is 8.45. The molecule has 0 aliphatic carbocycles. The van der Waals surface area contributed by atoms with E-state index in [2.05, 4.69) is 5.10 Å². The standard InChI is InChI=1S/C19H19N3O3/c1-13-10-20-21(11-13)12-14-5-4-8-22(14)19(24)18-9-16(23)15-6-2-3-7-17(15)25-18/h2-3,6-7,9-11,14H,4-5,8,12H2,1H3/t14-/m0/s1. The van der Waals surface area contributed by atoms with Crippen molar-refractivity contribution in [3.63, 3.8) is 0 Å². The minimum atomic E-state index is -0.228. The van der Waals surface area contributed by atoms with Gasteiger partial charge in [0.05, 0.1) is 24.2 Å². The van der Waals surface area contributed by atoms with E-state index in [1.54, 1.807) is 29.2 Å². The van der Waals surface area contributed by atoms with Gasteiger partial charge in [-0.2, -0.15) is 5.10 Å². The Hall–Kier alpha value is -2.89. The zero-order valence-corrected chi connectivity index (χ0v) is 14.0. The molecule has 0 bridgehead atoms. The van der Waals surface area contributed by atoms with Gasteiger partial charge in [0.25, 0.3) is 5.91 Å². The summed E-state index contributed by atoms with van der Waals surface area (Å²) >= 11 is 0. The third-order valence-corrected chi connectivity index (χ3v) is 4.64. The molecule has 6 heteroatoms. The van der Waals surface area contributed by atoms with Crippen LogP contribution < -0.4 is 5.43 Å². The highest BCUT2D eigenvalue weighted by Gasteiger charge is 2.31. The molecule has 128 valence electrons. The Morgan fingerprint density at radius 2 is 2.20 bits per heavy atom. The lowest BCUT2D eigenvalue weighted by Gasteiger charge is -2.24. The number of hydrogen-bond acceptors (Lipinski definition) is 4. The van der Waals surface area contributed by atoms with Crippen LogP contribution in [0.15, 0.2) is 51.9 Å². The van der Waals surface area contributed by atoms with Crippen LogP contribution in [0.5, 0.6) is 0 Å². The smallest absolute Gasteiger partial charge is 0.290 e. The fourth-order valence-electron chi connectivity index (χ4n) is 3.43. The van der Waals surface area contributed by atoms with Crippen molar-refractivity contribution < 1.29 is 9.21 Å². The first-order chi connectivity index (χ1) is 12.1. The number of amides is 1. The summed E-state index contributed by atoms with van der Waals surface area (Å²) in [6.45, 7) is 3.31. The van der Waals surface area contributed by atoms with Crippen LogP contribution in [-0.2, 0) is 6.54 Å². The minimum absolute atomic E-state index is 0.0589. The monoisotopic (exact) mass is 337 g/mol. The maximum atomic E-state index is 12.9. The summed E-state index contributed by atoms with van der Waals surface area (Å²) in [4.78, 5) is 27.0. The lowest BCUT2D eigenvalue weighted by molar-refractivity contribution is 0.0690. The highest BCUT2D eigenvalue weighted by atomic mass is 16.3. The van der Waals surface area contributed by atoms with Gasteiger partial charge < -0.3 is 9.32 Å². The predicted molar refractivity (Wildman–Crippen MR) is 93.5 cm³/mol. The first-order valence-corrected chi connectivity index (χ1v) is 8.45. The van der Waals surface area contributed by atoms with Crippen LogP contribution in [0.3, 0.4) is 0 Å². The van der Waals surface area contributed by atoms with Gasteiger partial charge in [-0.1, -0.05) is 12.1 Å². The highest BCUT2D eigenvalue weighted by molar-refractivity contribution is 5.93. The van der Waals surface area contributed by atoms with E-state index in [4.69, 9.17) is 4.42 Å². The Bertz CT molecular complexity index is 989. The van der Waals surface area contributed by atoms with Crippen LogP contribution in [0.1, 0.15) is 29.0 Å². The van der Waals surface area contributed by atoms with Gasteiger partial charge in [0, 0.05) is 18.8 Å². The van der Waals surface area contributed by atoms with Gasteiger partial charge in [-0.05, 0) is 37.5 Å². The SMILES string of the molecule is Cc1cnn(C[C@@H]2CCCN2C(=O)c2cc(=O)c3ccccc3o2)c1. The number of aromatic nitrogens is 2. The quantitative estimate of drug-likeness (QED) is 0.737. The zero-order valence-electron chi connectivity index (χ0n) is 14.0. The second kappa shape index (κ2) is 6.20. The summed E-state index contributed by atoms with van der Waals surface area (Å²) in [5, 5.41) is 4.80.